The lowest BCUT2D eigenvalue weighted by Gasteiger charge is -2.42. The van der Waals surface area contributed by atoms with E-state index in [1.54, 1.807) is 4.68 Å². The molecule has 0 aliphatic heterocycles. The largest absolute Gasteiger partial charge is 0.401 e. The highest BCUT2D eigenvalue weighted by Gasteiger charge is 2.50. The molecule has 3 aromatic rings. The van der Waals surface area contributed by atoms with E-state index in [0.717, 1.165) is 11.4 Å². The molecule has 27 heavy (non-hydrogen) atoms. The normalized spacial score (nSPS) is 12.3. The van der Waals surface area contributed by atoms with Gasteiger partial charge in [-0.25, -0.2) is 0 Å². The lowest BCUT2D eigenvalue weighted by Crippen LogP contribution is -2.66. The second kappa shape index (κ2) is 7.80. The number of aromatic nitrogens is 2. The molecule has 3 rings (SSSR count). The molecule has 0 aliphatic rings. The number of aryl methyl sites for hydroxylation is 1. The number of aliphatic hydroxyl groups excluding tert-OH is 1. The van der Waals surface area contributed by atoms with Crippen molar-refractivity contribution in [3.63, 3.8) is 0 Å². The van der Waals surface area contributed by atoms with Crippen LogP contribution in [0.25, 0.3) is 0 Å². The van der Waals surface area contributed by atoms with Gasteiger partial charge in [-0.15, -0.1) is 0 Å². The van der Waals surface area contributed by atoms with Crippen molar-refractivity contribution in [2.45, 2.75) is 39.0 Å². The van der Waals surface area contributed by atoms with Gasteiger partial charge in [0, 0.05) is 7.05 Å². The van der Waals surface area contributed by atoms with Crippen molar-refractivity contribution in [3.05, 3.63) is 78.1 Å². The van der Waals surface area contributed by atoms with Crippen molar-refractivity contribution >= 4 is 18.7 Å². The molecule has 0 spiro atoms. The molecule has 0 fully saturated rings. The van der Waals surface area contributed by atoms with E-state index in [0.29, 0.717) is 6.61 Å². The van der Waals surface area contributed by atoms with Crippen LogP contribution in [0.3, 0.4) is 0 Å². The summed E-state index contributed by atoms with van der Waals surface area (Å²) in [6.07, 6.45) is 0. The van der Waals surface area contributed by atoms with Gasteiger partial charge >= 0.3 is 0 Å². The number of aliphatic hydroxyl groups is 1. The number of benzene rings is 2. The van der Waals surface area contributed by atoms with Gasteiger partial charge in [-0.3, -0.25) is 4.68 Å². The fourth-order valence-electron chi connectivity index (χ4n) is 3.73. The van der Waals surface area contributed by atoms with Gasteiger partial charge in [-0.05, 0) is 21.5 Å². The monoisotopic (exact) mass is 380 g/mol. The number of nitrogens with zero attached hydrogens (tertiary/aromatic N) is 2. The summed E-state index contributed by atoms with van der Waals surface area (Å²) in [6.45, 7) is 7.17. The summed E-state index contributed by atoms with van der Waals surface area (Å²) >= 11 is 0. The van der Waals surface area contributed by atoms with Gasteiger partial charge in [0.05, 0.1) is 24.6 Å². The highest BCUT2D eigenvalue weighted by molar-refractivity contribution is 6.99. The molecule has 142 valence electrons. The van der Waals surface area contributed by atoms with Gasteiger partial charge in [0.1, 0.15) is 0 Å². The predicted molar refractivity (Wildman–Crippen MR) is 112 cm³/mol. The Bertz CT molecular complexity index is 831. The van der Waals surface area contributed by atoms with E-state index in [4.69, 9.17) is 4.43 Å². The first-order valence-electron chi connectivity index (χ1n) is 9.26. The maximum Gasteiger partial charge on any atom is 0.261 e. The number of rotatable bonds is 6. The molecular formula is C22H28N2O2Si. The summed E-state index contributed by atoms with van der Waals surface area (Å²) in [7, 11) is -0.717. The Morgan fingerprint density at radius 3 is 1.89 bits per heavy atom. The molecule has 0 saturated heterocycles. The molecule has 0 unspecified atom stereocenters. The summed E-state index contributed by atoms with van der Waals surface area (Å²) in [5, 5.41) is 16.4. The van der Waals surface area contributed by atoms with Crippen LogP contribution < -0.4 is 10.4 Å². The molecular weight excluding hydrogens is 352 g/mol. The van der Waals surface area contributed by atoms with E-state index in [2.05, 4.69) is 74.4 Å². The van der Waals surface area contributed by atoms with Crippen LogP contribution in [0.1, 0.15) is 32.2 Å². The third kappa shape index (κ3) is 3.76. The maximum absolute atomic E-state index is 9.45. The van der Waals surface area contributed by atoms with Crippen LogP contribution in [0, 0.1) is 0 Å². The average Bonchev–Trinajstić information content (AvgIpc) is 3.03. The minimum absolute atomic E-state index is 0.0251. The molecule has 2 aromatic carbocycles. The molecule has 1 N–H and O–H groups in total. The maximum atomic E-state index is 9.45. The molecule has 1 aromatic heterocycles. The van der Waals surface area contributed by atoms with Gasteiger partial charge < -0.3 is 9.53 Å². The zero-order valence-corrected chi connectivity index (χ0v) is 17.5. The van der Waals surface area contributed by atoms with E-state index >= 15 is 0 Å². The smallest absolute Gasteiger partial charge is 0.261 e. The SMILES string of the molecule is Cn1nc(CO[Si](c2ccccc2)(c2ccccc2)C(C)(C)C)cc1CO. The Morgan fingerprint density at radius 1 is 0.963 bits per heavy atom. The average molecular weight is 381 g/mol. The van der Waals surface area contributed by atoms with Crippen molar-refractivity contribution in [2.24, 2.45) is 7.05 Å². The van der Waals surface area contributed by atoms with E-state index in [9.17, 15) is 5.11 Å². The lowest BCUT2D eigenvalue weighted by molar-refractivity contribution is 0.270. The Kier molecular flexibility index (Phi) is 5.65. The van der Waals surface area contributed by atoms with Crippen LogP contribution in [0.4, 0.5) is 0 Å². The summed E-state index contributed by atoms with van der Waals surface area (Å²) in [4.78, 5) is 0. The van der Waals surface area contributed by atoms with Gasteiger partial charge in [0.15, 0.2) is 0 Å². The molecule has 0 saturated carbocycles. The first kappa shape index (κ1) is 19.5. The van der Waals surface area contributed by atoms with Crippen LogP contribution in [0.5, 0.6) is 0 Å². The van der Waals surface area contributed by atoms with Crippen LogP contribution in [-0.2, 0) is 24.7 Å². The van der Waals surface area contributed by atoms with Crippen LogP contribution in [0.15, 0.2) is 66.7 Å². The highest BCUT2D eigenvalue weighted by Crippen LogP contribution is 2.37. The van der Waals surface area contributed by atoms with Gasteiger partial charge in [0.25, 0.3) is 8.32 Å². The van der Waals surface area contributed by atoms with E-state index in [1.165, 1.54) is 10.4 Å². The molecule has 0 amide bonds. The number of hydrogen-bond acceptors (Lipinski definition) is 3. The van der Waals surface area contributed by atoms with Crippen molar-refractivity contribution in [1.82, 2.24) is 9.78 Å². The summed E-state index contributed by atoms with van der Waals surface area (Å²) in [6, 6.07) is 23.1. The van der Waals surface area contributed by atoms with Crippen LogP contribution in [-0.4, -0.2) is 23.2 Å². The minimum Gasteiger partial charge on any atom is -0.401 e. The van der Waals surface area contributed by atoms with E-state index in [1.807, 2.05) is 25.2 Å². The molecule has 1 heterocycles. The van der Waals surface area contributed by atoms with Crippen LogP contribution >= 0.6 is 0 Å². The molecule has 5 heteroatoms. The zero-order chi connectivity index (χ0) is 19.5. The molecule has 4 nitrogen and oxygen atoms in total. The Labute approximate surface area is 162 Å². The first-order valence-corrected chi connectivity index (χ1v) is 11.2. The zero-order valence-electron chi connectivity index (χ0n) is 16.5. The fraction of sp³-hybridized carbons (Fsp3) is 0.318. The van der Waals surface area contributed by atoms with Gasteiger partial charge in [-0.1, -0.05) is 81.4 Å². The Balaban J connectivity index is 2.08. The predicted octanol–water partition coefficient (Wildman–Crippen LogP) is 2.99. The van der Waals surface area contributed by atoms with Crippen molar-refractivity contribution < 1.29 is 9.53 Å². The van der Waals surface area contributed by atoms with Crippen molar-refractivity contribution in [2.75, 3.05) is 0 Å². The summed E-state index contributed by atoms with van der Waals surface area (Å²) in [5.41, 5.74) is 1.63. The van der Waals surface area contributed by atoms with E-state index in [-0.39, 0.29) is 11.6 Å². The third-order valence-corrected chi connectivity index (χ3v) is 10.0. The van der Waals surface area contributed by atoms with Gasteiger partial charge in [-0.2, -0.15) is 5.10 Å². The number of hydrogen-bond donors (Lipinski definition) is 1. The quantitative estimate of drug-likeness (QED) is 0.669. The third-order valence-electron chi connectivity index (χ3n) is 5.04. The van der Waals surface area contributed by atoms with Gasteiger partial charge in [0.2, 0.25) is 0 Å². The molecule has 0 atom stereocenters. The van der Waals surface area contributed by atoms with Crippen molar-refractivity contribution in [3.8, 4) is 0 Å². The molecule has 0 aliphatic carbocycles. The second-order valence-corrected chi connectivity index (χ2v) is 12.2. The highest BCUT2D eigenvalue weighted by atomic mass is 28.4. The minimum atomic E-state index is -2.56. The van der Waals surface area contributed by atoms with Crippen molar-refractivity contribution in [1.29, 1.82) is 0 Å². The first-order chi connectivity index (χ1) is 12.9. The summed E-state index contributed by atoms with van der Waals surface area (Å²) in [5.74, 6) is 0. The second-order valence-electron chi connectivity index (χ2n) is 7.86. The molecule has 0 radical (unpaired) electrons. The van der Waals surface area contributed by atoms with E-state index < -0.39 is 8.32 Å². The lowest BCUT2D eigenvalue weighted by atomic mass is 10.2. The van der Waals surface area contributed by atoms with Crippen LogP contribution in [0.2, 0.25) is 5.04 Å². The Hall–Kier alpha value is -2.21. The molecule has 0 bridgehead atoms. The summed E-state index contributed by atoms with van der Waals surface area (Å²) < 4.78 is 8.56. The Morgan fingerprint density at radius 2 is 1.48 bits per heavy atom. The topological polar surface area (TPSA) is 47.3 Å². The fourth-order valence-corrected chi connectivity index (χ4v) is 8.25. The standard InChI is InChI=1S/C22H28N2O2Si/c1-22(2,3)27(20-11-7-5-8-12-20,21-13-9-6-10-14-21)26-17-18-15-19(16-25)24(4)23-18/h5-15,25H,16-17H2,1-4H3.